The predicted octanol–water partition coefficient (Wildman–Crippen LogP) is 5.12. The number of likely N-dealkylation sites (tertiary alicyclic amines) is 1. The minimum Gasteiger partial charge on any atom is -0.443 e. The maximum Gasteiger partial charge on any atom is 0.420 e. The van der Waals surface area contributed by atoms with Crippen molar-refractivity contribution < 1.29 is 23.9 Å². The van der Waals surface area contributed by atoms with Crippen LogP contribution in [-0.4, -0.2) is 75.0 Å². The summed E-state index contributed by atoms with van der Waals surface area (Å²) in [5.74, 6) is 0.762. The number of aromatic nitrogens is 2. The highest BCUT2D eigenvalue weighted by Crippen LogP contribution is 2.23. The molecule has 1 saturated heterocycles. The van der Waals surface area contributed by atoms with E-state index in [4.69, 9.17) is 21.1 Å². The van der Waals surface area contributed by atoms with E-state index in [1.165, 1.54) is 0 Å². The second-order valence-corrected chi connectivity index (χ2v) is 11.6. The fourth-order valence-corrected chi connectivity index (χ4v) is 3.78. The van der Waals surface area contributed by atoms with Crippen LogP contribution in [0.15, 0.2) is 12.1 Å². The Hall–Kier alpha value is -2.62. The summed E-state index contributed by atoms with van der Waals surface area (Å²) in [5, 5.41) is 11.2. The fourth-order valence-electron chi connectivity index (χ4n) is 3.68. The molecule has 1 fully saturated rings. The molecule has 0 saturated carbocycles. The van der Waals surface area contributed by atoms with Crippen LogP contribution in [0.1, 0.15) is 74.1 Å². The van der Waals surface area contributed by atoms with Gasteiger partial charge in [0.25, 0.3) is 0 Å². The molecule has 2 heterocycles. The third-order valence-electron chi connectivity index (χ3n) is 5.46. The lowest BCUT2D eigenvalue weighted by molar-refractivity contribution is -0.138. The van der Waals surface area contributed by atoms with Crippen molar-refractivity contribution in [2.24, 2.45) is 5.92 Å². The first-order chi connectivity index (χ1) is 16.7. The van der Waals surface area contributed by atoms with E-state index in [0.717, 1.165) is 17.7 Å². The molecule has 1 aromatic heterocycles. The molecule has 3 amide bonds. The highest BCUT2D eigenvalue weighted by molar-refractivity contribution is 6.29. The van der Waals surface area contributed by atoms with E-state index in [1.54, 1.807) is 58.6 Å². The third-order valence-corrected chi connectivity index (χ3v) is 5.67. The average Bonchev–Trinajstić information content (AvgIpc) is 2.74. The van der Waals surface area contributed by atoms with Crippen molar-refractivity contribution in [2.45, 2.75) is 91.4 Å². The number of amides is 3. The van der Waals surface area contributed by atoms with E-state index in [9.17, 15) is 14.4 Å². The van der Waals surface area contributed by atoms with Crippen molar-refractivity contribution in [2.75, 3.05) is 25.0 Å². The Bertz CT molecular complexity index is 862. The number of imide groups is 1. The summed E-state index contributed by atoms with van der Waals surface area (Å²) in [4.78, 5) is 42.7. The smallest absolute Gasteiger partial charge is 0.420 e. The summed E-state index contributed by atoms with van der Waals surface area (Å²) in [6.07, 6.45) is 0.612. The van der Waals surface area contributed by atoms with E-state index >= 15 is 0 Å². The minimum atomic E-state index is -1.07. The Morgan fingerprint density at radius 1 is 1.06 bits per heavy atom. The molecule has 0 spiro atoms. The van der Waals surface area contributed by atoms with E-state index in [2.05, 4.69) is 22.4 Å². The maximum atomic E-state index is 13.7. The number of anilines is 1. The van der Waals surface area contributed by atoms with Crippen LogP contribution < -0.4 is 5.32 Å². The largest absolute Gasteiger partial charge is 0.443 e. The second-order valence-electron chi connectivity index (χ2n) is 11.2. The van der Waals surface area contributed by atoms with Crippen molar-refractivity contribution in [1.29, 1.82) is 0 Å². The Morgan fingerprint density at radius 3 is 2.08 bits per heavy atom. The van der Waals surface area contributed by atoms with Gasteiger partial charge in [0.15, 0.2) is 5.15 Å². The highest BCUT2D eigenvalue weighted by atomic mass is 35.5. The molecular weight excluding hydrogens is 486 g/mol. The number of nitrogens with zero attached hydrogens (tertiary/aromatic N) is 4. The van der Waals surface area contributed by atoms with Gasteiger partial charge < -0.3 is 19.7 Å². The molecule has 202 valence electrons. The van der Waals surface area contributed by atoms with Gasteiger partial charge in [-0.05, 0) is 85.3 Å². The lowest BCUT2D eigenvalue weighted by Crippen LogP contribution is -2.56. The van der Waals surface area contributed by atoms with Gasteiger partial charge in [-0.25, -0.2) is 9.59 Å². The van der Waals surface area contributed by atoms with Crippen LogP contribution in [0.4, 0.5) is 15.4 Å². The Labute approximate surface area is 219 Å². The van der Waals surface area contributed by atoms with Gasteiger partial charge in [0.05, 0.1) is 0 Å². The molecule has 2 rings (SSSR count). The zero-order chi connectivity index (χ0) is 27.1. The van der Waals surface area contributed by atoms with Crippen molar-refractivity contribution >= 4 is 35.5 Å². The lowest BCUT2D eigenvalue weighted by Gasteiger charge is -2.37. The fraction of sp³-hybridized carbons (Fsp3) is 0.720. The molecule has 1 aromatic rings. The van der Waals surface area contributed by atoms with Gasteiger partial charge in [-0.3, -0.25) is 4.79 Å². The summed E-state index contributed by atoms with van der Waals surface area (Å²) in [6.45, 7) is 14.0. The molecular formula is C25H40ClN5O5. The standard InChI is InChI=1S/C25H40ClN5O5/c1-17-12-15-30(16-13-17)21(32)18(9-8-14-27-20-11-10-19(26)28-29-20)31(22(33)35-24(2,3)4)23(34)36-25(5,6)7/h10-11,17-18H,8-9,12-16H2,1-7H3,(H,27,29)/t18-/m0/s1. The molecule has 10 nitrogen and oxygen atoms in total. The van der Waals surface area contributed by atoms with Gasteiger partial charge in [0.2, 0.25) is 5.91 Å². The normalized spacial score (nSPS) is 15.7. The van der Waals surface area contributed by atoms with Gasteiger partial charge in [0.1, 0.15) is 23.1 Å². The van der Waals surface area contributed by atoms with Crippen molar-refractivity contribution in [3.63, 3.8) is 0 Å². The van der Waals surface area contributed by atoms with Crippen LogP contribution in [0.2, 0.25) is 5.15 Å². The van der Waals surface area contributed by atoms with Gasteiger partial charge in [0, 0.05) is 19.6 Å². The number of hydrogen-bond acceptors (Lipinski definition) is 8. The first kappa shape index (κ1) is 29.6. The average molecular weight is 526 g/mol. The number of halogens is 1. The molecule has 11 heteroatoms. The summed E-state index contributed by atoms with van der Waals surface area (Å²) < 4.78 is 11.1. The van der Waals surface area contributed by atoms with Crippen LogP contribution in [0.25, 0.3) is 0 Å². The van der Waals surface area contributed by atoms with Crippen molar-refractivity contribution in [3.05, 3.63) is 17.3 Å². The number of ether oxygens (including phenoxy) is 2. The monoisotopic (exact) mass is 525 g/mol. The van der Waals surface area contributed by atoms with E-state index in [1.807, 2.05) is 0 Å². The number of nitrogens with one attached hydrogen (secondary N) is 1. The third kappa shape index (κ3) is 9.79. The molecule has 1 N–H and O–H groups in total. The number of carbonyl (C=O) groups excluding carboxylic acids is 3. The molecule has 0 unspecified atom stereocenters. The Kier molecular flexibility index (Phi) is 10.3. The topological polar surface area (TPSA) is 114 Å². The van der Waals surface area contributed by atoms with Crippen molar-refractivity contribution in [3.8, 4) is 0 Å². The first-order valence-corrected chi connectivity index (χ1v) is 12.8. The van der Waals surface area contributed by atoms with E-state index in [0.29, 0.717) is 37.8 Å². The predicted molar refractivity (Wildman–Crippen MR) is 138 cm³/mol. The van der Waals surface area contributed by atoms with Gasteiger partial charge >= 0.3 is 12.2 Å². The maximum absolute atomic E-state index is 13.7. The van der Waals surface area contributed by atoms with E-state index < -0.39 is 29.4 Å². The quantitative estimate of drug-likeness (QED) is 0.488. The van der Waals surface area contributed by atoms with Gasteiger partial charge in [-0.15, -0.1) is 10.2 Å². The van der Waals surface area contributed by atoms with Crippen LogP contribution in [0, 0.1) is 5.92 Å². The van der Waals surface area contributed by atoms with Crippen LogP contribution in [0.5, 0.6) is 0 Å². The Balaban J connectivity index is 2.27. The summed E-state index contributed by atoms with van der Waals surface area (Å²) in [5.41, 5.74) is -1.72. The highest BCUT2D eigenvalue weighted by Gasteiger charge is 2.41. The number of hydrogen-bond donors (Lipinski definition) is 1. The zero-order valence-electron chi connectivity index (χ0n) is 22.5. The summed E-state index contributed by atoms with van der Waals surface area (Å²) in [6, 6.07) is 2.25. The van der Waals surface area contributed by atoms with Crippen molar-refractivity contribution in [1.82, 2.24) is 20.0 Å². The van der Waals surface area contributed by atoms with Crippen LogP contribution in [0.3, 0.4) is 0 Å². The molecule has 0 aliphatic carbocycles. The van der Waals surface area contributed by atoms with Crippen LogP contribution in [-0.2, 0) is 14.3 Å². The first-order valence-electron chi connectivity index (χ1n) is 12.4. The number of piperidine rings is 1. The summed E-state index contributed by atoms with van der Waals surface area (Å²) in [7, 11) is 0. The number of rotatable bonds is 7. The van der Waals surface area contributed by atoms with Gasteiger partial charge in [-0.2, -0.15) is 4.90 Å². The molecule has 0 radical (unpaired) electrons. The zero-order valence-corrected chi connectivity index (χ0v) is 23.2. The van der Waals surface area contributed by atoms with E-state index in [-0.39, 0.29) is 17.5 Å². The summed E-state index contributed by atoms with van der Waals surface area (Å²) >= 11 is 5.78. The molecule has 1 aliphatic heterocycles. The molecule has 36 heavy (non-hydrogen) atoms. The SMILES string of the molecule is CC1CCN(C(=O)[C@H](CCCNc2ccc(Cl)nn2)N(C(=O)OC(C)(C)C)C(=O)OC(C)(C)C)CC1. The molecule has 1 atom stereocenters. The van der Waals surface area contributed by atoms with Gasteiger partial charge in [-0.1, -0.05) is 18.5 Å². The minimum absolute atomic E-state index is 0.220. The molecule has 1 aliphatic rings. The Morgan fingerprint density at radius 2 is 1.61 bits per heavy atom. The number of carbonyl (C=O) groups is 3. The lowest BCUT2D eigenvalue weighted by atomic mass is 9.98. The van der Waals surface area contributed by atoms with Crippen LogP contribution >= 0.6 is 11.6 Å². The molecule has 0 bridgehead atoms. The second kappa shape index (κ2) is 12.6. The molecule has 0 aromatic carbocycles.